The lowest BCUT2D eigenvalue weighted by atomic mass is 9.78. The number of rotatable bonds is 2. The van der Waals surface area contributed by atoms with E-state index in [9.17, 15) is 9.18 Å². The van der Waals surface area contributed by atoms with Crippen LogP contribution >= 0.6 is 0 Å². The maximum Gasteiger partial charge on any atom is 0.170 e. The van der Waals surface area contributed by atoms with Gasteiger partial charge in [0.25, 0.3) is 0 Å². The molecule has 1 aromatic carbocycles. The highest BCUT2D eigenvalue weighted by atomic mass is 19.1. The van der Waals surface area contributed by atoms with E-state index in [0.29, 0.717) is 5.56 Å². The second-order valence-electron chi connectivity index (χ2n) is 4.75. The Kier molecular flexibility index (Phi) is 2.80. The summed E-state index contributed by atoms with van der Waals surface area (Å²) in [5.41, 5.74) is 6.07. The lowest BCUT2D eigenvalue weighted by Gasteiger charge is -2.27. The molecule has 0 heterocycles. The van der Waals surface area contributed by atoms with Crippen LogP contribution in [-0.4, -0.2) is 11.8 Å². The normalized spacial score (nSPS) is 29.3. The van der Waals surface area contributed by atoms with Crippen LogP contribution in [0, 0.1) is 11.2 Å². The number of hydrogen-bond donors (Lipinski definition) is 1. The molecule has 0 aromatic heterocycles. The fraction of sp³-hybridized carbons (Fsp3) is 0.462. The van der Waals surface area contributed by atoms with Gasteiger partial charge in [0, 0.05) is 17.0 Å². The molecule has 0 amide bonds. The highest BCUT2D eigenvalue weighted by molar-refractivity contribution is 6.01. The number of carbonyl (C=O) groups excluding carboxylic acids is 1. The van der Waals surface area contributed by atoms with Gasteiger partial charge in [-0.25, -0.2) is 4.39 Å². The van der Waals surface area contributed by atoms with Crippen LogP contribution in [0.5, 0.6) is 0 Å². The van der Waals surface area contributed by atoms with Gasteiger partial charge in [-0.05, 0) is 37.1 Å². The monoisotopic (exact) mass is 221 g/mol. The van der Waals surface area contributed by atoms with Crippen LogP contribution in [0.15, 0.2) is 24.3 Å². The summed E-state index contributed by atoms with van der Waals surface area (Å²) in [7, 11) is 0. The van der Waals surface area contributed by atoms with E-state index in [1.807, 2.05) is 6.92 Å². The number of hydrogen-bond acceptors (Lipinski definition) is 2. The highest BCUT2D eigenvalue weighted by Gasteiger charge is 2.42. The van der Waals surface area contributed by atoms with Crippen molar-refractivity contribution in [3.05, 3.63) is 35.6 Å². The van der Waals surface area contributed by atoms with E-state index in [4.69, 9.17) is 5.73 Å². The van der Waals surface area contributed by atoms with E-state index in [0.717, 1.165) is 19.3 Å². The van der Waals surface area contributed by atoms with Crippen LogP contribution in [0.4, 0.5) is 4.39 Å². The van der Waals surface area contributed by atoms with Crippen LogP contribution in [-0.2, 0) is 0 Å². The fourth-order valence-corrected chi connectivity index (χ4v) is 2.41. The van der Waals surface area contributed by atoms with Gasteiger partial charge in [0.15, 0.2) is 5.78 Å². The van der Waals surface area contributed by atoms with Crippen molar-refractivity contribution in [1.29, 1.82) is 0 Å². The molecule has 0 saturated heterocycles. The molecule has 2 nitrogen and oxygen atoms in total. The number of ketones is 1. The Morgan fingerprint density at radius 3 is 2.56 bits per heavy atom. The molecule has 16 heavy (non-hydrogen) atoms. The summed E-state index contributed by atoms with van der Waals surface area (Å²) in [4.78, 5) is 12.3. The summed E-state index contributed by atoms with van der Waals surface area (Å²) < 4.78 is 12.8. The van der Waals surface area contributed by atoms with Crippen LogP contribution < -0.4 is 5.73 Å². The molecule has 0 bridgehead atoms. The average Bonchev–Trinajstić information content (AvgIpc) is 2.61. The largest absolute Gasteiger partial charge is 0.327 e. The molecule has 1 fully saturated rings. The summed E-state index contributed by atoms with van der Waals surface area (Å²) in [5.74, 6) is -0.282. The number of benzene rings is 1. The third-order valence-electron chi connectivity index (χ3n) is 3.65. The van der Waals surface area contributed by atoms with Crippen molar-refractivity contribution in [3.63, 3.8) is 0 Å². The van der Waals surface area contributed by atoms with Gasteiger partial charge in [-0.1, -0.05) is 13.3 Å². The minimum atomic E-state index is -0.474. The van der Waals surface area contributed by atoms with Gasteiger partial charge in [0.05, 0.1) is 0 Å². The fourth-order valence-electron chi connectivity index (χ4n) is 2.41. The Labute approximate surface area is 94.6 Å². The zero-order valence-corrected chi connectivity index (χ0v) is 9.37. The van der Waals surface area contributed by atoms with Crippen molar-refractivity contribution >= 4 is 5.78 Å². The number of nitrogens with two attached hydrogens (primary N) is 1. The van der Waals surface area contributed by atoms with Crippen LogP contribution in [0.25, 0.3) is 0 Å². The Hall–Kier alpha value is -1.22. The summed E-state index contributed by atoms with van der Waals surface area (Å²) in [5, 5.41) is 0. The predicted octanol–water partition coefficient (Wildman–Crippen LogP) is 2.53. The average molecular weight is 221 g/mol. The molecule has 2 atom stereocenters. The van der Waals surface area contributed by atoms with E-state index >= 15 is 0 Å². The maximum absolute atomic E-state index is 12.8. The summed E-state index contributed by atoms with van der Waals surface area (Å²) >= 11 is 0. The number of halogens is 1. The van der Waals surface area contributed by atoms with Crippen LogP contribution in [0.3, 0.4) is 0 Å². The highest BCUT2D eigenvalue weighted by Crippen LogP contribution is 2.39. The predicted molar refractivity (Wildman–Crippen MR) is 60.7 cm³/mol. The van der Waals surface area contributed by atoms with Crippen molar-refractivity contribution in [1.82, 2.24) is 0 Å². The SMILES string of the molecule is CC1(C(=O)c2ccc(F)cc2)CCCC1N. The van der Waals surface area contributed by atoms with Gasteiger partial charge in [0.2, 0.25) is 0 Å². The van der Waals surface area contributed by atoms with Gasteiger partial charge in [0.1, 0.15) is 5.82 Å². The second-order valence-corrected chi connectivity index (χ2v) is 4.75. The zero-order chi connectivity index (χ0) is 11.8. The number of Topliss-reactive ketones (excluding diaryl/α,β-unsaturated/α-hetero) is 1. The van der Waals surface area contributed by atoms with Crippen LogP contribution in [0.1, 0.15) is 36.5 Å². The Morgan fingerprint density at radius 1 is 1.44 bits per heavy atom. The molecule has 86 valence electrons. The maximum atomic E-state index is 12.8. The molecule has 1 saturated carbocycles. The molecule has 0 spiro atoms. The molecule has 1 aromatic rings. The van der Waals surface area contributed by atoms with E-state index in [1.165, 1.54) is 24.3 Å². The first-order valence-electron chi connectivity index (χ1n) is 5.60. The van der Waals surface area contributed by atoms with E-state index in [2.05, 4.69) is 0 Å². The van der Waals surface area contributed by atoms with Gasteiger partial charge in [-0.2, -0.15) is 0 Å². The molecule has 0 aliphatic heterocycles. The van der Waals surface area contributed by atoms with Crippen molar-refractivity contribution < 1.29 is 9.18 Å². The first-order chi connectivity index (χ1) is 7.54. The summed E-state index contributed by atoms with van der Waals surface area (Å²) in [6.07, 6.45) is 2.71. The van der Waals surface area contributed by atoms with Crippen molar-refractivity contribution in [3.8, 4) is 0 Å². The van der Waals surface area contributed by atoms with Gasteiger partial charge < -0.3 is 5.73 Å². The minimum Gasteiger partial charge on any atom is -0.327 e. The lowest BCUT2D eigenvalue weighted by Crippen LogP contribution is -2.41. The molecule has 1 aliphatic rings. The Bertz CT molecular complexity index is 401. The molecular weight excluding hydrogens is 205 g/mol. The molecule has 1 aliphatic carbocycles. The molecule has 0 radical (unpaired) electrons. The van der Waals surface area contributed by atoms with Gasteiger partial charge >= 0.3 is 0 Å². The topological polar surface area (TPSA) is 43.1 Å². The molecule has 2 rings (SSSR count). The molecule has 2 unspecified atom stereocenters. The Balaban J connectivity index is 2.28. The van der Waals surface area contributed by atoms with Crippen molar-refractivity contribution in [2.75, 3.05) is 0 Å². The van der Waals surface area contributed by atoms with Gasteiger partial charge in [-0.3, -0.25) is 4.79 Å². The minimum absolute atomic E-state index is 0.0394. The number of carbonyl (C=O) groups is 1. The first kappa shape index (κ1) is 11.3. The molecule has 3 heteroatoms. The Morgan fingerprint density at radius 2 is 2.06 bits per heavy atom. The third-order valence-corrected chi connectivity index (χ3v) is 3.65. The van der Waals surface area contributed by atoms with Crippen molar-refractivity contribution in [2.45, 2.75) is 32.2 Å². The van der Waals surface area contributed by atoms with Gasteiger partial charge in [-0.15, -0.1) is 0 Å². The van der Waals surface area contributed by atoms with Crippen molar-refractivity contribution in [2.24, 2.45) is 11.1 Å². The lowest BCUT2D eigenvalue weighted by molar-refractivity contribution is 0.0802. The van der Waals surface area contributed by atoms with E-state index in [1.54, 1.807) is 0 Å². The van der Waals surface area contributed by atoms with Crippen LogP contribution in [0.2, 0.25) is 0 Å². The molecule has 2 N–H and O–H groups in total. The second kappa shape index (κ2) is 3.98. The zero-order valence-electron chi connectivity index (χ0n) is 9.37. The third kappa shape index (κ3) is 1.76. The summed E-state index contributed by atoms with van der Waals surface area (Å²) in [6.45, 7) is 1.91. The van der Waals surface area contributed by atoms with E-state index < -0.39 is 5.41 Å². The smallest absolute Gasteiger partial charge is 0.170 e. The standard InChI is InChI=1S/C13H16FNO/c1-13(8-2-3-11(13)15)12(16)9-4-6-10(14)7-5-9/h4-7,11H,2-3,8,15H2,1H3. The molecular formula is C13H16FNO. The quantitative estimate of drug-likeness (QED) is 0.780. The first-order valence-corrected chi connectivity index (χ1v) is 5.60. The van der Waals surface area contributed by atoms with E-state index in [-0.39, 0.29) is 17.6 Å². The summed E-state index contributed by atoms with van der Waals surface area (Å²) in [6, 6.07) is 5.63.